The van der Waals surface area contributed by atoms with Gasteiger partial charge in [0.25, 0.3) is 5.91 Å². The number of nitrogens with one attached hydrogen (secondary N) is 2. The minimum absolute atomic E-state index is 0.0623. The van der Waals surface area contributed by atoms with Crippen LogP contribution in [0, 0.1) is 0 Å². The van der Waals surface area contributed by atoms with Crippen LogP contribution in [-0.2, 0) is 14.3 Å². The maximum atomic E-state index is 12.4. The number of benzene rings is 2. The average Bonchev–Trinajstić information content (AvgIpc) is 2.87. The van der Waals surface area contributed by atoms with E-state index in [0.29, 0.717) is 12.1 Å². The van der Waals surface area contributed by atoms with E-state index >= 15 is 0 Å². The second-order valence-corrected chi connectivity index (χ2v) is 8.98. The van der Waals surface area contributed by atoms with Crippen molar-refractivity contribution in [2.45, 2.75) is 84.1 Å². The molecule has 2 aromatic carbocycles. The maximum Gasteiger partial charge on any atom is 0.338 e. The second kappa shape index (κ2) is 16.5. The summed E-state index contributed by atoms with van der Waals surface area (Å²) in [4.78, 5) is 36.8. The van der Waals surface area contributed by atoms with Crippen molar-refractivity contribution in [3.05, 3.63) is 65.7 Å². The van der Waals surface area contributed by atoms with Gasteiger partial charge in [-0.15, -0.1) is 0 Å². The summed E-state index contributed by atoms with van der Waals surface area (Å²) in [6.07, 6.45) is 11.3. The zero-order chi connectivity index (χ0) is 25.3. The molecular formula is C29H40N2O4. The summed E-state index contributed by atoms with van der Waals surface area (Å²) in [7, 11) is 0. The minimum Gasteiger partial charge on any atom is -0.452 e. The van der Waals surface area contributed by atoms with Crippen molar-refractivity contribution in [1.29, 1.82) is 0 Å². The lowest BCUT2D eigenvalue weighted by molar-refractivity contribution is -0.124. The Morgan fingerprint density at radius 3 is 2.14 bits per heavy atom. The van der Waals surface area contributed by atoms with Gasteiger partial charge in [0.15, 0.2) is 6.61 Å². The van der Waals surface area contributed by atoms with Gasteiger partial charge in [0.2, 0.25) is 5.91 Å². The first-order valence-electron chi connectivity index (χ1n) is 12.9. The van der Waals surface area contributed by atoms with Gasteiger partial charge in [-0.3, -0.25) is 9.59 Å². The van der Waals surface area contributed by atoms with Crippen molar-refractivity contribution in [3.63, 3.8) is 0 Å². The number of hydrogen-bond donors (Lipinski definition) is 2. The lowest BCUT2D eigenvalue weighted by Gasteiger charge is -2.14. The summed E-state index contributed by atoms with van der Waals surface area (Å²) in [6, 6.07) is 16.0. The van der Waals surface area contributed by atoms with Crippen molar-refractivity contribution in [3.8, 4) is 0 Å². The molecule has 0 radical (unpaired) electrons. The number of esters is 1. The Hall–Kier alpha value is -3.15. The SMILES string of the molecule is CCCCCCCCCCCC(=O)Nc1cccc(C(=O)OCC(=O)N[C@H](C)c2ccccc2)c1. The Balaban J connectivity index is 1.67. The molecule has 2 aromatic rings. The summed E-state index contributed by atoms with van der Waals surface area (Å²) in [5, 5.41) is 5.66. The molecule has 35 heavy (non-hydrogen) atoms. The molecular weight excluding hydrogens is 440 g/mol. The third-order valence-electron chi connectivity index (χ3n) is 5.90. The van der Waals surface area contributed by atoms with Gasteiger partial charge in [0.05, 0.1) is 11.6 Å². The van der Waals surface area contributed by atoms with Crippen LogP contribution in [0.15, 0.2) is 54.6 Å². The van der Waals surface area contributed by atoms with Gasteiger partial charge in [-0.05, 0) is 37.1 Å². The molecule has 6 heteroatoms. The smallest absolute Gasteiger partial charge is 0.338 e. The predicted molar refractivity (Wildman–Crippen MR) is 140 cm³/mol. The number of carbonyl (C=O) groups excluding carboxylic acids is 3. The monoisotopic (exact) mass is 480 g/mol. The molecule has 0 heterocycles. The Kier molecular flexibility index (Phi) is 13.2. The van der Waals surface area contributed by atoms with Crippen LogP contribution in [0.4, 0.5) is 5.69 Å². The maximum absolute atomic E-state index is 12.4. The first kappa shape index (κ1) is 28.1. The molecule has 0 saturated carbocycles. The molecule has 0 spiro atoms. The van der Waals surface area contributed by atoms with Crippen molar-refractivity contribution < 1.29 is 19.1 Å². The minimum atomic E-state index is -0.609. The van der Waals surface area contributed by atoms with Crippen LogP contribution >= 0.6 is 0 Å². The molecule has 0 unspecified atom stereocenters. The quantitative estimate of drug-likeness (QED) is 0.210. The number of ether oxygens (including phenoxy) is 1. The van der Waals surface area contributed by atoms with Gasteiger partial charge in [-0.25, -0.2) is 4.79 Å². The largest absolute Gasteiger partial charge is 0.452 e. The zero-order valence-electron chi connectivity index (χ0n) is 21.2. The first-order chi connectivity index (χ1) is 17.0. The van der Waals surface area contributed by atoms with Crippen molar-refractivity contribution in [2.75, 3.05) is 11.9 Å². The Labute approximate surface area is 209 Å². The third-order valence-corrected chi connectivity index (χ3v) is 5.90. The van der Waals surface area contributed by atoms with Crippen LogP contribution in [-0.4, -0.2) is 24.4 Å². The first-order valence-corrected chi connectivity index (χ1v) is 12.9. The summed E-state index contributed by atoms with van der Waals surface area (Å²) in [5.41, 5.74) is 1.80. The molecule has 0 fully saturated rings. The fourth-order valence-corrected chi connectivity index (χ4v) is 3.87. The van der Waals surface area contributed by atoms with Gasteiger partial charge in [0.1, 0.15) is 0 Å². The van der Waals surface area contributed by atoms with Gasteiger partial charge in [-0.1, -0.05) is 94.7 Å². The van der Waals surface area contributed by atoms with Crippen molar-refractivity contribution >= 4 is 23.5 Å². The Bertz CT molecular complexity index is 914. The van der Waals surface area contributed by atoms with Gasteiger partial charge in [-0.2, -0.15) is 0 Å². The number of hydrogen-bond acceptors (Lipinski definition) is 4. The van der Waals surface area contributed by atoms with E-state index in [9.17, 15) is 14.4 Å². The van der Waals surface area contributed by atoms with Crippen molar-refractivity contribution in [1.82, 2.24) is 5.32 Å². The molecule has 0 aliphatic heterocycles. The molecule has 190 valence electrons. The normalized spacial score (nSPS) is 11.5. The van der Waals surface area contributed by atoms with E-state index in [1.54, 1.807) is 24.3 Å². The highest BCUT2D eigenvalue weighted by Crippen LogP contribution is 2.15. The van der Waals surface area contributed by atoms with E-state index < -0.39 is 5.97 Å². The predicted octanol–water partition coefficient (Wildman–Crippen LogP) is 6.58. The molecule has 0 saturated heterocycles. The molecule has 0 aliphatic carbocycles. The molecule has 0 aromatic heterocycles. The lowest BCUT2D eigenvalue weighted by Crippen LogP contribution is -2.31. The number of rotatable bonds is 16. The molecule has 0 aliphatic rings. The number of carbonyl (C=O) groups is 3. The van der Waals surface area contributed by atoms with Crippen molar-refractivity contribution in [2.24, 2.45) is 0 Å². The van der Waals surface area contributed by atoms with E-state index in [2.05, 4.69) is 17.6 Å². The topological polar surface area (TPSA) is 84.5 Å². The van der Waals surface area contributed by atoms with Gasteiger partial charge < -0.3 is 15.4 Å². The summed E-state index contributed by atoms with van der Waals surface area (Å²) >= 11 is 0. The van der Waals surface area contributed by atoms with E-state index in [1.807, 2.05) is 37.3 Å². The highest BCUT2D eigenvalue weighted by atomic mass is 16.5. The summed E-state index contributed by atoms with van der Waals surface area (Å²) in [6.45, 7) is 3.73. The fraction of sp³-hybridized carbons (Fsp3) is 0.483. The average molecular weight is 481 g/mol. The van der Waals surface area contributed by atoms with E-state index in [0.717, 1.165) is 18.4 Å². The Morgan fingerprint density at radius 2 is 1.46 bits per heavy atom. The highest BCUT2D eigenvalue weighted by Gasteiger charge is 2.14. The molecule has 2 amide bonds. The second-order valence-electron chi connectivity index (χ2n) is 8.98. The fourth-order valence-electron chi connectivity index (χ4n) is 3.87. The Morgan fingerprint density at radius 1 is 0.800 bits per heavy atom. The zero-order valence-corrected chi connectivity index (χ0v) is 21.2. The molecule has 0 bridgehead atoms. The van der Waals surface area contributed by atoms with Crippen LogP contribution in [0.25, 0.3) is 0 Å². The number of amides is 2. The summed E-state index contributed by atoms with van der Waals surface area (Å²) < 4.78 is 5.16. The molecule has 6 nitrogen and oxygen atoms in total. The van der Waals surface area contributed by atoms with Crippen LogP contribution < -0.4 is 10.6 Å². The summed E-state index contributed by atoms with van der Waals surface area (Å²) in [5.74, 6) is -1.05. The third kappa shape index (κ3) is 11.7. The molecule has 2 rings (SSSR count). The van der Waals surface area contributed by atoms with E-state index in [-0.39, 0.29) is 30.0 Å². The van der Waals surface area contributed by atoms with Crippen LogP contribution in [0.5, 0.6) is 0 Å². The van der Waals surface area contributed by atoms with Crippen LogP contribution in [0.2, 0.25) is 0 Å². The van der Waals surface area contributed by atoms with E-state index in [4.69, 9.17) is 4.74 Å². The lowest BCUT2D eigenvalue weighted by atomic mass is 10.1. The standard InChI is InChI=1S/C29H40N2O4/c1-3-4-5-6-7-8-9-10-14-20-27(32)31-26-19-15-18-25(21-26)29(34)35-22-28(33)30-23(2)24-16-12-11-13-17-24/h11-13,15-19,21,23H,3-10,14,20,22H2,1-2H3,(H,30,33)(H,31,32)/t23-/m1/s1. The van der Waals surface area contributed by atoms with Crippen LogP contribution in [0.1, 0.15) is 100 Å². The molecule has 1 atom stereocenters. The van der Waals surface area contributed by atoms with E-state index in [1.165, 1.54) is 44.9 Å². The van der Waals surface area contributed by atoms with Gasteiger partial charge >= 0.3 is 5.97 Å². The highest BCUT2D eigenvalue weighted by molar-refractivity contribution is 5.95. The molecule has 2 N–H and O–H groups in total. The number of anilines is 1. The van der Waals surface area contributed by atoms with Gasteiger partial charge in [0, 0.05) is 12.1 Å². The number of unbranched alkanes of at least 4 members (excludes halogenated alkanes) is 8. The van der Waals surface area contributed by atoms with Crippen LogP contribution in [0.3, 0.4) is 0 Å².